The number of anilines is 1. The van der Waals surface area contributed by atoms with Crippen molar-refractivity contribution in [1.29, 1.82) is 0 Å². The predicted octanol–water partition coefficient (Wildman–Crippen LogP) is 2.24. The molecule has 0 saturated heterocycles. The number of carbonyl (C=O) groups excluding carboxylic acids is 1. The Morgan fingerprint density at radius 1 is 1.24 bits per heavy atom. The summed E-state index contributed by atoms with van der Waals surface area (Å²) in [6.07, 6.45) is 1.61. The molecule has 0 bridgehead atoms. The molecule has 21 heavy (non-hydrogen) atoms. The predicted molar refractivity (Wildman–Crippen MR) is 73.5 cm³/mol. The molecule has 0 atom stereocenters. The fourth-order valence-electron chi connectivity index (χ4n) is 1.62. The average molecular weight is 289 g/mol. The maximum absolute atomic E-state index is 13.4. The lowest BCUT2D eigenvalue weighted by Gasteiger charge is -2.08. The van der Waals surface area contributed by atoms with Crippen LogP contribution in [0.1, 0.15) is 16.1 Å². The molecule has 0 unspecified atom stereocenters. The fourth-order valence-corrected chi connectivity index (χ4v) is 1.62. The number of nitrogens with one attached hydrogen (secondary N) is 2. The van der Waals surface area contributed by atoms with Gasteiger partial charge in [-0.05, 0) is 30.3 Å². The molecule has 0 fully saturated rings. The van der Waals surface area contributed by atoms with Gasteiger partial charge < -0.3 is 15.7 Å². The molecule has 108 valence electrons. The minimum absolute atomic E-state index is 0.163. The molecule has 6 nitrogen and oxygen atoms in total. The highest BCUT2D eigenvalue weighted by Crippen LogP contribution is 2.14. The van der Waals surface area contributed by atoms with Crippen LogP contribution in [-0.4, -0.2) is 22.1 Å². The van der Waals surface area contributed by atoms with Crippen LogP contribution in [0.3, 0.4) is 0 Å². The van der Waals surface area contributed by atoms with Gasteiger partial charge in [0.25, 0.3) is 0 Å². The van der Waals surface area contributed by atoms with Crippen LogP contribution in [0.4, 0.5) is 14.9 Å². The quantitative estimate of drug-likeness (QED) is 0.805. The average Bonchev–Trinajstić information content (AvgIpc) is 2.46. The van der Waals surface area contributed by atoms with Gasteiger partial charge in [0.2, 0.25) is 0 Å². The van der Waals surface area contributed by atoms with Crippen LogP contribution in [0, 0.1) is 5.82 Å². The maximum Gasteiger partial charge on any atom is 0.338 e. The summed E-state index contributed by atoms with van der Waals surface area (Å²) in [7, 11) is 0. The Kier molecular flexibility index (Phi) is 4.45. The van der Waals surface area contributed by atoms with Gasteiger partial charge in [0.15, 0.2) is 0 Å². The lowest BCUT2D eigenvalue weighted by Crippen LogP contribution is -2.28. The summed E-state index contributed by atoms with van der Waals surface area (Å²) in [5.41, 5.74) is 0.394. The number of nitrogens with zero attached hydrogens (tertiary/aromatic N) is 1. The van der Waals surface area contributed by atoms with E-state index in [0.29, 0.717) is 5.69 Å². The summed E-state index contributed by atoms with van der Waals surface area (Å²) in [4.78, 5) is 26.3. The zero-order valence-electron chi connectivity index (χ0n) is 10.8. The maximum atomic E-state index is 13.4. The number of hydrogen-bond donors (Lipinski definition) is 3. The molecule has 2 aromatic rings. The monoisotopic (exact) mass is 289 g/mol. The topological polar surface area (TPSA) is 91.3 Å². The molecule has 2 rings (SSSR count). The van der Waals surface area contributed by atoms with Crippen molar-refractivity contribution in [2.24, 2.45) is 0 Å². The summed E-state index contributed by atoms with van der Waals surface area (Å²) in [5.74, 6) is -2.27. The number of benzene rings is 1. The van der Waals surface area contributed by atoms with Crippen LogP contribution in [0.5, 0.6) is 0 Å². The smallest absolute Gasteiger partial charge is 0.338 e. The lowest BCUT2D eigenvalue weighted by atomic mass is 10.2. The second-order valence-corrected chi connectivity index (χ2v) is 4.13. The first-order chi connectivity index (χ1) is 10.1. The van der Waals surface area contributed by atoms with Gasteiger partial charge in [-0.15, -0.1) is 0 Å². The van der Waals surface area contributed by atoms with Gasteiger partial charge in [-0.25, -0.2) is 14.0 Å². The van der Waals surface area contributed by atoms with Crippen molar-refractivity contribution in [3.8, 4) is 0 Å². The molecule has 0 spiro atoms. The minimum Gasteiger partial charge on any atom is -0.478 e. The number of carboxylic acid groups (broad SMARTS) is 1. The molecule has 0 radical (unpaired) electrons. The van der Waals surface area contributed by atoms with Gasteiger partial charge in [0, 0.05) is 11.9 Å². The molecule has 2 amide bonds. The van der Waals surface area contributed by atoms with Crippen LogP contribution in [0.15, 0.2) is 42.6 Å². The van der Waals surface area contributed by atoms with E-state index in [2.05, 4.69) is 15.6 Å². The van der Waals surface area contributed by atoms with E-state index >= 15 is 0 Å². The largest absolute Gasteiger partial charge is 0.478 e. The number of hydrogen-bond acceptors (Lipinski definition) is 3. The van der Waals surface area contributed by atoms with Gasteiger partial charge >= 0.3 is 12.0 Å². The van der Waals surface area contributed by atoms with Crippen molar-refractivity contribution >= 4 is 17.7 Å². The van der Waals surface area contributed by atoms with Gasteiger partial charge in [-0.1, -0.05) is 6.07 Å². The molecular formula is C14H12FN3O3. The van der Waals surface area contributed by atoms with Gasteiger partial charge in [0.05, 0.1) is 17.8 Å². The SMILES string of the molecule is O=C(NCc1ccccn1)Nc1ccc(C(=O)O)c(F)c1. The van der Waals surface area contributed by atoms with Gasteiger partial charge in [-0.3, -0.25) is 4.98 Å². The molecular weight excluding hydrogens is 277 g/mol. The van der Waals surface area contributed by atoms with E-state index in [0.717, 1.165) is 12.1 Å². The highest BCUT2D eigenvalue weighted by Gasteiger charge is 2.11. The lowest BCUT2D eigenvalue weighted by molar-refractivity contribution is 0.0692. The number of carboxylic acids is 1. The molecule has 0 aliphatic carbocycles. The van der Waals surface area contributed by atoms with E-state index in [9.17, 15) is 14.0 Å². The molecule has 1 heterocycles. The minimum atomic E-state index is -1.36. The zero-order valence-corrected chi connectivity index (χ0v) is 10.8. The number of urea groups is 1. The van der Waals surface area contributed by atoms with Gasteiger partial charge in [0.1, 0.15) is 5.82 Å². The van der Waals surface area contributed by atoms with Crippen LogP contribution in [0.2, 0.25) is 0 Å². The van der Waals surface area contributed by atoms with Gasteiger partial charge in [-0.2, -0.15) is 0 Å². The summed E-state index contributed by atoms with van der Waals surface area (Å²) >= 11 is 0. The van der Waals surface area contributed by atoms with E-state index in [1.165, 1.54) is 6.07 Å². The number of aromatic nitrogens is 1. The fraction of sp³-hybridized carbons (Fsp3) is 0.0714. The number of aromatic carboxylic acids is 1. The second-order valence-electron chi connectivity index (χ2n) is 4.13. The first-order valence-corrected chi connectivity index (χ1v) is 6.04. The summed E-state index contributed by atoms with van der Waals surface area (Å²) in [5, 5.41) is 13.7. The Hall–Kier alpha value is -2.96. The first kappa shape index (κ1) is 14.4. The highest BCUT2D eigenvalue weighted by molar-refractivity contribution is 5.91. The normalized spacial score (nSPS) is 9.95. The standard InChI is InChI=1S/C14H12FN3O3/c15-12-7-9(4-5-11(12)13(19)20)18-14(21)17-8-10-3-1-2-6-16-10/h1-7H,8H2,(H,19,20)(H2,17,18,21). The van der Waals surface area contributed by atoms with Crippen molar-refractivity contribution < 1.29 is 19.1 Å². The van der Waals surface area contributed by atoms with Crippen molar-refractivity contribution in [1.82, 2.24) is 10.3 Å². The number of rotatable bonds is 4. The molecule has 3 N–H and O–H groups in total. The Labute approximate surface area is 119 Å². The first-order valence-electron chi connectivity index (χ1n) is 6.04. The molecule has 0 aliphatic heterocycles. The Bertz CT molecular complexity index is 662. The number of pyridine rings is 1. The highest BCUT2D eigenvalue weighted by atomic mass is 19.1. The number of amides is 2. The summed E-state index contributed by atoms with van der Waals surface area (Å²) < 4.78 is 13.4. The van der Waals surface area contributed by atoms with E-state index in [1.807, 2.05) is 0 Å². The van der Waals surface area contributed by atoms with Crippen LogP contribution in [-0.2, 0) is 6.54 Å². The number of carbonyl (C=O) groups is 2. The molecule has 1 aromatic heterocycles. The Balaban J connectivity index is 1.94. The van der Waals surface area contributed by atoms with Crippen molar-refractivity contribution in [3.63, 3.8) is 0 Å². The molecule has 0 saturated carbocycles. The Morgan fingerprint density at radius 2 is 2.05 bits per heavy atom. The van der Waals surface area contributed by atoms with Crippen LogP contribution in [0.25, 0.3) is 0 Å². The van der Waals surface area contributed by atoms with Crippen molar-refractivity contribution in [2.75, 3.05) is 5.32 Å². The molecule has 0 aliphatic rings. The zero-order chi connectivity index (χ0) is 15.2. The third kappa shape index (κ3) is 4.00. The van der Waals surface area contributed by atoms with E-state index in [-0.39, 0.29) is 12.2 Å². The third-order valence-corrected chi connectivity index (χ3v) is 2.61. The van der Waals surface area contributed by atoms with E-state index in [4.69, 9.17) is 5.11 Å². The van der Waals surface area contributed by atoms with Crippen LogP contribution < -0.4 is 10.6 Å². The third-order valence-electron chi connectivity index (χ3n) is 2.61. The summed E-state index contributed by atoms with van der Waals surface area (Å²) in [6.45, 7) is 0.225. The van der Waals surface area contributed by atoms with E-state index < -0.39 is 23.4 Å². The Morgan fingerprint density at radius 3 is 2.67 bits per heavy atom. The van der Waals surface area contributed by atoms with Crippen molar-refractivity contribution in [3.05, 3.63) is 59.7 Å². The van der Waals surface area contributed by atoms with Crippen LogP contribution >= 0.6 is 0 Å². The summed E-state index contributed by atoms with van der Waals surface area (Å²) in [6, 6.07) is 8.12. The number of halogens is 1. The molecule has 1 aromatic carbocycles. The van der Waals surface area contributed by atoms with E-state index in [1.54, 1.807) is 24.4 Å². The molecule has 7 heteroatoms. The second kappa shape index (κ2) is 6.47. The van der Waals surface area contributed by atoms with Crippen molar-refractivity contribution in [2.45, 2.75) is 6.54 Å².